The summed E-state index contributed by atoms with van der Waals surface area (Å²) >= 11 is 15.0. The third kappa shape index (κ3) is 2.54. The number of alkyl halides is 1. The minimum atomic E-state index is -0.551. The Morgan fingerprint density at radius 2 is 1.95 bits per heavy atom. The van der Waals surface area contributed by atoms with Gasteiger partial charge in [0, 0.05) is 10.5 Å². The summed E-state index contributed by atoms with van der Waals surface area (Å²) in [5.74, 6) is -0.292. The van der Waals surface area contributed by atoms with Crippen LogP contribution < -0.4 is 0 Å². The molecular formula is C14H7BrCl2F2N2. The Labute approximate surface area is 137 Å². The quantitative estimate of drug-likeness (QED) is 0.530. The molecule has 0 radical (unpaired) electrons. The summed E-state index contributed by atoms with van der Waals surface area (Å²) in [4.78, 5) is 4.34. The lowest BCUT2D eigenvalue weighted by molar-refractivity contribution is 0.626. The molecule has 21 heavy (non-hydrogen) atoms. The van der Waals surface area contributed by atoms with Crippen LogP contribution in [0.2, 0.25) is 5.02 Å². The number of aromatic nitrogens is 2. The molecule has 2 nitrogen and oxygen atoms in total. The van der Waals surface area contributed by atoms with Gasteiger partial charge in [-0.15, -0.1) is 11.6 Å². The van der Waals surface area contributed by atoms with Crippen molar-refractivity contribution in [2.75, 3.05) is 0 Å². The van der Waals surface area contributed by atoms with Crippen LogP contribution in [0.3, 0.4) is 0 Å². The van der Waals surface area contributed by atoms with E-state index in [0.29, 0.717) is 27.0 Å². The van der Waals surface area contributed by atoms with E-state index in [1.807, 2.05) is 0 Å². The molecule has 2 aromatic carbocycles. The summed E-state index contributed by atoms with van der Waals surface area (Å²) in [7, 11) is 0. The minimum Gasteiger partial charge on any atom is -0.294 e. The summed E-state index contributed by atoms with van der Waals surface area (Å²) in [5, 5.41) is -0.00792. The van der Waals surface area contributed by atoms with Crippen molar-refractivity contribution in [1.82, 2.24) is 9.55 Å². The number of rotatable bonds is 2. The molecule has 0 N–H and O–H groups in total. The molecule has 0 saturated heterocycles. The summed E-state index contributed by atoms with van der Waals surface area (Å²) in [6.45, 7) is 0. The standard InChI is InChI=1S/C14H7BrCl2F2N2/c15-8-3-7(18)1-2-12(8)21-13-5-10(19)9(17)4-11(13)20-14(21)6-16/h1-5H,6H2. The third-order valence-corrected chi connectivity index (χ3v) is 4.20. The average molecular weight is 392 g/mol. The molecule has 0 bridgehead atoms. The fourth-order valence-corrected chi connectivity index (χ4v) is 3.01. The van der Waals surface area contributed by atoms with Crippen molar-refractivity contribution in [2.24, 2.45) is 0 Å². The molecule has 3 aromatic rings. The third-order valence-electron chi connectivity index (χ3n) is 3.04. The first-order valence-electron chi connectivity index (χ1n) is 5.89. The monoisotopic (exact) mass is 390 g/mol. The normalized spacial score (nSPS) is 11.3. The van der Waals surface area contributed by atoms with Crippen LogP contribution in [0.5, 0.6) is 0 Å². The smallest absolute Gasteiger partial charge is 0.144 e. The molecule has 0 spiro atoms. The fourth-order valence-electron chi connectivity index (χ4n) is 2.14. The van der Waals surface area contributed by atoms with Gasteiger partial charge >= 0.3 is 0 Å². The van der Waals surface area contributed by atoms with Gasteiger partial charge in [0.05, 0.1) is 27.6 Å². The van der Waals surface area contributed by atoms with Gasteiger partial charge in [-0.25, -0.2) is 13.8 Å². The van der Waals surface area contributed by atoms with Crippen LogP contribution in [0, 0.1) is 11.6 Å². The van der Waals surface area contributed by atoms with Crippen LogP contribution in [-0.2, 0) is 5.88 Å². The highest BCUT2D eigenvalue weighted by atomic mass is 79.9. The van der Waals surface area contributed by atoms with Gasteiger partial charge in [-0.3, -0.25) is 4.57 Å². The highest BCUT2D eigenvalue weighted by Gasteiger charge is 2.16. The fraction of sp³-hybridized carbons (Fsp3) is 0.0714. The van der Waals surface area contributed by atoms with E-state index in [4.69, 9.17) is 23.2 Å². The van der Waals surface area contributed by atoms with E-state index in [1.54, 1.807) is 10.6 Å². The lowest BCUT2D eigenvalue weighted by Crippen LogP contribution is -2.00. The van der Waals surface area contributed by atoms with Gasteiger partial charge in [0.25, 0.3) is 0 Å². The highest BCUT2D eigenvalue weighted by molar-refractivity contribution is 9.10. The maximum absolute atomic E-state index is 13.7. The zero-order valence-electron chi connectivity index (χ0n) is 10.4. The van der Waals surface area contributed by atoms with Gasteiger partial charge in [0.1, 0.15) is 17.5 Å². The second-order valence-corrected chi connectivity index (χ2v) is 5.88. The molecule has 0 amide bonds. The van der Waals surface area contributed by atoms with E-state index >= 15 is 0 Å². The van der Waals surface area contributed by atoms with Gasteiger partial charge < -0.3 is 0 Å². The van der Waals surface area contributed by atoms with Crippen LogP contribution in [-0.4, -0.2) is 9.55 Å². The van der Waals surface area contributed by atoms with E-state index in [9.17, 15) is 8.78 Å². The number of benzene rings is 2. The molecule has 108 valence electrons. The van der Waals surface area contributed by atoms with E-state index in [-0.39, 0.29) is 16.7 Å². The maximum atomic E-state index is 13.7. The first-order chi connectivity index (χ1) is 10.0. The van der Waals surface area contributed by atoms with Crippen LogP contribution >= 0.6 is 39.1 Å². The van der Waals surface area contributed by atoms with Gasteiger partial charge in [0.2, 0.25) is 0 Å². The molecule has 7 heteroatoms. The van der Waals surface area contributed by atoms with Crippen molar-refractivity contribution in [3.05, 3.63) is 57.3 Å². The molecule has 0 atom stereocenters. The number of hydrogen-bond donors (Lipinski definition) is 0. The first-order valence-corrected chi connectivity index (χ1v) is 7.59. The van der Waals surface area contributed by atoms with Gasteiger partial charge in [-0.2, -0.15) is 0 Å². The molecule has 0 fully saturated rings. The maximum Gasteiger partial charge on any atom is 0.144 e. The molecule has 0 aliphatic rings. The zero-order valence-corrected chi connectivity index (χ0v) is 13.5. The van der Waals surface area contributed by atoms with Crippen molar-refractivity contribution >= 4 is 50.2 Å². The second-order valence-electron chi connectivity index (χ2n) is 4.35. The first kappa shape index (κ1) is 14.8. The van der Waals surface area contributed by atoms with Crippen LogP contribution in [0.15, 0.2) is 34.8 Å². The lowest BCUT2D eigenvalue weighted by atomic mass is 10.2. The summed E-state index contributed by atoms with van der Waals surface area (Å²) in [5.41, 5.74) is 1.66. The van der Waals surface area contributed by atoms with E-state index in [0.717, 1.165) is 0 Å². The lowest BCUT2D eigenvalue weighted by Gasteiger charge is -2.10. The largest absolute Gasteiger partial charge is 0.294 e. The van der Waals surface area contributed by atoms with E-state index < -0.39 is 5.82 Å². The van der Waals surface area contributed by atoms with Gasteiger partial charge in [-0.1, -0.05) is 11.6 Å². The number of halogens is 5. The topological polar surface area (TPSA) is 17.8 Å². The SMILES string of the molecule is Fc1ccc(-n2c(CCl)nc3cc(Cl)c(F)cc32)c(Br)c1. The molecule has 0 aliphatic carbocycles. The predicted molar refractivity (Wildman–Crippen MR) is 83.3 cm³/mol. The molecule has 1 heterocycles. The Balaban J connectivity index is 2.37. The molecule has 3 rings (SSSR count). The van der Waals surface area contributed by atoms with Crippen molar-refractivity contribution in [3.63, 3.8) is 0 Å². The minimum absolute atomic E-state index is 0.00792. The molecule has 0 unspecified atom stereocenters. The Morgan fingerprint density at radius 3 is 2.62 bits per heavy atom. The van der Waals surface area contributed by atoms with Crippen LogP contribution in [0.25, 0.3) is 16.7 Å². The second kappa shape index (κ2) is 5.55. The number of hydrogen-bond acceptors (Lipinski definition) is 1. The van der Waals surface area contributed by atoms with Crippen LogP contribution in [0.4, 0.5) is 8.78 Å². The Bertz CT molecular complexity index is 849. The summed E-state index contributed by atoms with van der Waals surface area (Å²) in [6, 6.07) is 6.94. The van der Waals surface area contributed by atoms with Crippen molar-refractivity contribution in [3.8, 4) is 5.69 Å². The zero-order chi connectivity index (χ0) is 15.1. The Kier molecular flexibility index (Phi) is 3.90. The number of imidazole rings is 1. The molecule has 1 aromatic heterocycles. The Hall–Kier alpha value is -1.17. The number of nitrogens with zero attached hydrogens (tertiary/aromatic N) is 2. The van der Waals surface area contributed by atoms with Gasteiger partial charge in [-0.05, 0) is 40.2 Å². The highest BCUT2D eigenvalue weighted by Crippen LogP contribution is 2.30. The van der Waals surface area contributed by atoms with E-state index in [2.05, 4.69) is 20.9 Å². The molecule has 0 saturated carbocycles. The summed E-state index contributed by atoms with van der Waals surface area (Å²) in [6.07, 6.45) is 0. The van der Waals surface area contributed by atoms with Crippen molar-refractivity contribution in [1.29, 1.82) is 0 Å². The van der Waals surface area contributed by atoms with Crippen LogP contribution in [0.1, 0.15) is 5.82 Å². The van der Waals surface area contributed by atoms with E-state index in [1.165, 1.54) is 24.3 Å². The summed E-state index contributed by atoms with van der Waals surface area (Å²) < 4.78 is 29.2. The van der Waals surface area contributed by atoms with Crippen molar-refractivity contribution in [2.45, 2.75) is 5.88 Å². The predicted octanol–water partition coefficient (Wildman–Crippen LogP) is 5.46. The van der Waals surface area contributed by atoms with Crippen molar-refractivity contribution < 1.29 is 8.78 Å². The molecule has 0 aliphatic heterocycles. The average Bonchev–Trinajstić information content (AvgIpc) is 2.77. The molecular weight excluding hydrogens is 385 g/mol. The Morgan fingerprint density at radius 1 is 1.19 bits per heavy atom. The van der Waals surface area contributed by atoms with Gasteiger partial charge in [0.15, 0.2) is 0 Å². The number of fused-ring (bicyclic) bond motifs is 1.